The van der Waals surface area contributed by atoms with Crippen LogP contribution in [0.3, 0.4) is 0 Å². The van der Waals surface area contributed by atoms with Crippen LogP contribution >= 0.6 is 0 Å². The van der Waals surface area contributed by atoms with Crippen molar-refractivity contribution in [1.29, 1.82) is 0 Å². The second-order valence-electron chi connectivity index (χ2n) is 6.26. The predicted octanol–water partition coefficient (Wildman–Crippen LogP) is 1.66. The Hall–Kier alpha value is -2.48. The molecule has 0 radical (unpaired) electrons. The highest BCUT2D eigenvalue weighted by atomic mass is 32.2. The fraction of sp³-hybridized carbons (Fsp3) is 0.353. The standard InChI is InChI=1S/C17H20N4O3S/c1-12-4-3-5-14(8-12)20-16(22)13-9-18-17(19-10-13)21(2)15-6-7-25(23,24)11-15/h3-5,8-10,15H,6-7,11H2,1-2H3,(H,20,22). The molecule has 1 amide bonds. The molecule has 1 fully saturated rings. The van der Waals surface area contributed by atoms with Crippen molar-refractivity contribution in [3.63, 3.8) is 0 Å². The number of carbonyl (C=O) groups excluding carboxylic acids is 1. The van der Waals surface area contributed by atoms with E-state index in [4.69, 9.17) is 0 Å². The van der Waals surface area contributed by atoms with Crippen molar-refractivity contribution in [3.8, 4) is 0 Å². The number of sulfone groups is 1. The molecule has 3 rings (SSSR count). The van der Waals surface area contributed by atoms with Crippen LogP contribution in [-0.2, 0) is 9.84 Å². The quantitative estimate of drug-likeness (QED) is 0.891. The molecule has 1 unspecified atom stereocenters. The minimum atomic E-state index is -2.97. The zero-order valence-corrected chi connectivity index (χ0v) is 15.0. The van der Waals surface area contributed by atoms with Crippen LogP contribution in [0.25, 0.3) is 0 Å². The summed E-state index contributed by atoms with van der Waals surface area (Å²) in [5.41, 5.74) is 2.11. The molecule has 7 nitrogen and oxygen atoms in total. The Kier molecular flexibility index (Phi) is 4.71. The van der Waals surface area contributed by atoms with Crippen molar-refractivity contribution >= 4 is 27.4 Å². The van der Waals surface area contributed by atoms with Crippen molar-refractivity contribution < 1.29 is 13.2 Å². The highest BCUT2D eigenvalue weighted by molar-refractivity contribution is 7.91. The van der Waals surface area contributed by atoms with Gasteiger partial charge in [0, 0.05) is 31.2 Å². The molecule has 0 spiro atoms. The molecule has 25 heavy (non-hydrogen) atoms. The zero-order chi connectivity index (χ0) is 18.0. The van der Waals surface area contributed by atoms with Gasteiger partial charge in [-0.1, -0.05) is 12.1 Å². The van der Waals surface area contributed by atoms with E-state index < -0.39 is 9.84 Å². The van der Waals surface area contributed by atoms with Crippen LogP contribution < -0.4 is 10.2 Å². The Morgan fingerprint density at radius 3 is 2.60 bits per heavy atom. The number of hydrogen-bond acceptors (Lipinski definition) is 6. The Labute approximate surface area is 147 Å². The maximum atomic E-state index is 12.3. The van der Waals surface area contributed by atoms with Gasteiger partial charge in [0.05, 0.1) is 17.1 Å². The summed E-state index contributed by atoms with van der Waals surface area (Å²) >= 11 is 0. The van der Waals surface area contributed by atoms with Gasteiger partial charge in [0.15, 0.2) is 9.84 Å². The Morgan fingerprint density at radius 2 is 2.00 bits per heavy atom. The molecule has 0 saturated carbocycles. The lowest BCUT2D eigenvalue weighted by Gasteiger charge is -2.23. The first kappa shape index (κ1) is 17.3. The topological polar surface area (TPSA) is 92.3 Å². The van der Waals surface area contributed by atoms with Crippen molar-refractivity contribution in [2.75, 3.05) is 28.8 Å². The maximum Gasteiger partial charge on any atom is 0.258 e. The van der Waals surface area contributed by atoms with E-state index in [2.05, 4.69) is 15.3 Å². The number of carbonyl (C=O) groups is 1. The number of hydrogen-bond donors (Lipinski definition) is 1. The summed E-state index contributed by atoms with van der Waals surface area (Å²) < 4.78 is 23.2. The summed E-state index contributed by atoms with van der Waals surface area (Å²) in [7, 11) is -1.20. The fourth-order valence-electron chi connectivity index (χ4n) is 2.79. The third-order valence-electron chi connectivity index (χ3n) is 4.25. The van der Waals surface area contributed by atoms with Crippen LogP contribution in [0.15, 0.2) is 36.7 Å². The molecule has 2 aromatic rings. The van der Waals surface area contributed by atoms with Gasteiger partial charge in [-0.3, -0.25) is 4.79 Å². The molecule has 1 aromatic carbocycles. The number of rotatable bonds is 4. The first-order valence-electron chi connectivity index (χ1n) is 7.97. The molecule has 132 valence electrons. The first-order chi connectivity index (χ1) is 11.8. The van der Waals surface area contributed by atoms with Crippen LogP contribution in [0, 0.1) is 6.92 Å². The summed E-state index contributed by atoms with van der Waals surface area (Å²) in [5, 5.41) is 2.80. The van der Waals surface area contributed by atoms with Gasteiger partial charge in [-0.15, -0.1) is 0 Å². The van der Waals surface area contributed by atoms with E-state index in [-0.39, 0.29) is 23.5 Å². The zero-order valence-electron chi connectivity index (χ0n) is 14.1. The van der Waals surface area contributed by atoms with Gasteiger partial charge >= 0.3 is 0 Å². The summed E-state index contributed by atoms with van der Waals surface area (Å²) in [5.74, 6) is 0.430. The molecular weight excluding hydrogens is 340 g/mol. The third kappa shape index (κ3) is 4.14. The molecule has 1 aliphatic rings. The number of aryl methyl sites for hydroxylation is 1. The van der Waals surface area contributed by atoms with Gasteiger partial charge in [-0.05, 0) is 31.0 Å². The lowest BCUT2D eigenvalue weighted by Crippen LogP contribution is -2.34. The average molecular weight is 360 g/mol. The highest BCUT2D eigenvalue weighted by Gasteiger charge is 2.31. The summed E-state index contributed by atoms with van der Waals surface area (Å²) in [6.07, 6.45) is 3.47. The number of anilines is 2. The summed E-state index contributed by atoms with van der Waals surface area (Å²) in [6, 6.07) is 7.38. The number of benzene rings is 1. The van der Waals surface area contributed by atoms with Crippen LogP contribution in [0.4, 0.5) is 11.6 Å². The Morgan fingerprint density at radius 1 is 1.28 bits per heavy atom. The van der Waals surface area contributed by atoms with Crippen LogP contribution in [-0.4, -0.2) is 48.9 Å². The van der Waals surface area contributed by atoms with Gasteiger partial charge in [0.25, 0.3) is 5.91 Å². The van der Waals surface area contributed by atoms with Crippen LogP contribution in [0.5, 0.6) is 0 Å². The second-order valence-corrected chi connectivity index (χ2v) is 8.49. The van der Waals surface area contributed by atoms with Gasteiger partial charge in [0.2, 0.25) is 5.95 Å². The van der Waals surface area contributed by atoms with Crippen LogP contribution in [0.1, 0.15) is 22.3 Å². The lowest BCUT2D eigenvalue weighted by molar-refractivity contribution is 0.102. The maximum absolute atomic E-state index is 12.3. The molecule has 1 aromatic heterocycles. The minimum Gasteiger partial charge on any atom is -0.340 e. The molecular formula is C17H20N4O3S. The molecule has 0 bridgehead atoms. The van der Waals surface area contributed by atoms with E-state index in [9.17, 15) is 13.2 Å². The molecule has 0 aliphatic carbocycles. The van der Waals surface area contributed by atoms with Crippen molar-refractivity contribution in [3.05, 3.63) is 47.8 Å². The molecule has 8 heteroatoms. The highest BCUT2D eigenvalue weighted by Crippen LogP contribution is 2.20. The molecule has 1 aliphatic heterocycles. The Balaban J connectivity index is 1.68. The van der Waals surface area contributed by atoms with E-state index >= 15 is 0 Å². The van der Waals surface area contributed by atoms with Crippen molar-refractivity contribution in [2.45, 2.75) is 19.4 Å². The minimum absolute atomic E-state index is 0.114. The fourth-order valence-corrected chi connectivity index (χ4v) is 4.57. The van der Waals surface area contributed by atoms with E-state index in [1.54, 1.807) is 11.9 Å². The second kappa shape index (κ2) is 6.79. The molecule has 1 saturated heterocycles. The summed E-state index contributed by atoms with van der Waals surface area (Å²) in [6.45, 7) is 1.95. The van der Waals surface area contributed by atoms with Gasteiger partial charge in [0.1, 0.15) is 0 Å². The number of nitrogens with one attached hydrogen (secondary N) is 1. The third-order valence-corrected chi connectivity index (χ3v) is 6.00. The van der Waals surface area contributed by atoms with Crippen LogP contribution in [0.2, 0.25) is 0 Å². The number of aromatic nitrogens is 2. The van der Waals surface area contributed by atoms with Crippen molar-refractivity contribution in [1.82, 2.24) is 9.97 Å². The van der Waals surface area contributed by atoms with Gasteiger partial charge in [-0.25, -0.2) is 18.4 Å². The lowest BCUT2D eigenvalue weighted by atomic mass is 10.2. The van der Waals surface area contributed by atoms with E-state index in [0.29, 0.717) is 23.6 Å². The molecule has 1 N–H and O–H groups in total. The smallest absolute Gasteiger partial charge is 0.258 e. The SMILES string of the molecule is Cc1cccc(NC(=O)c2cnc(N(C)C3CCS(=O)(=O)C3)nc2)c1. The van der Waals surface area contributed by atoms with Gasteiger partial charge < -0.3 is 10.2 Å². The molecule has 1 atom stereocenters. The first-order valence-corrected chi connectivity index (χ1v) is 9.79. The Bertz CT molecular complexity index is 881. The largest absolute Gasteiger partial charge is 0.340 e. The summed E-state index contributed by atoms with van der Waals surface area (Å²) in [4.78, 5) is 22.4. The number of amides is 1. The normalized spacial score (nSPS) is 18.7. The average Bonchev–Trinajstić information content (AvgIpc) is 2.94. The molecule has 2 heterocycles. The van der Waals surface area contributed by atoms with E-state index in [1.165, 1.54) is 12.4 Å². The van der Waals surface area contributed by atoms with Gasteiger partial charge in [-0.2, -0.15) is 0 Å². The monoisotopic (exact) mass is 360 g/mol. The number of nitrogens with zero attached hydrogens (tertiary/aromatic N) is 3. The van der Waals surface area contributed by atoms with Crippen molar-refractivity contribution in [2.24, 2.45) is 0 Å². The van der Waals surface area contributed by atoms with E-state index in [0.717, 1.165) is 5.56 Å². The predicted molar refractivity (Wildman–Crippen MR) is 96.6 cm³/mol. The van der Waals surface area contributed by atoms with E-state index in [1.807, 2.05) is 31.2 Å².